The average molecular weight is 416 g/mol. The van der Waals surface area contributed by atoms with Gasteiger partial charge in [-0.3, -0.25) is 4.90 Å². The van der Waals surface area contributed by atoms with Crippen LogP contribution in [0.3, 0.4) is 0 Å². The Morgan fingerprint density at radius 3 is 2.16 bits per heavy atom. The summed E-state index contributed by atoms with van der Waals surface area (Å²) in [6, 6.07) is 20.7. The summed E-state index contributed by atoms with van der Waals surface area (Å²) < 4.78 is 2.58. The van der Waals surface area contributed by atoms with Crippen molar-refractivity contribution in [2.75, 3.05) is 13.1 Å². The van der Waals surface area contributed by atoms with Gasteiger partial charge >= 0.3 is 0 Å². The summed E-state index contributed by atoms with van der Waals surface area (Å²) in [6.07, 6.45) is 10.6. The zero-order chi connectivity index (χ0) is 21.3. The topological polar surface area (TPSA) is 21.1 Å². The van der Waals surface area contributed by atoms with E-state index in [0.29, 0.717) is 12.0 Å². The highest BCUT2D eigenvalue weighted by molar-refractivity contribution is 5.76. The number of piperidine rings is 1. The number of fused-ring (bicyclic) bond motifs is 1. The Balaban J connectivity index is 1.43. The maximum atomic E-state index is 5.02. The maximum absolute atomic E-state index is 5.02. The van der Waals surface area contributed by atoms with Gasteiger partial charge in [0, 0.05) is 30.6 Å². The van der Waals surface area contributed by atoms with Gasteiger partial charge in [-0.15, -0.1) is 0 Å². The van der Waals surface area contributed by atoms with Gasteiger partial charge in [-0.2, -0.15) is 0 Å². The molecular formula is C28H37N3. The number of aromatic nitrogens is 2. The van der Waals surface area contributed by atoms with E-state index < -0.39 is 0 Å². The standard InChI is InChI=1S/C28H37N3/c1-22(2)27-29-25-14-8-9-15-26(25)31(27)24-16-20-30(21-17-24)28(18-10-3-4-11-19-28)23-12-6-5-7-13-23/h5-9,12-15,22,24H,3-4,10-11,16-21H2,1-2H3. The van der Waals surface area contributed by atoms with Crippen LogP contribution in [0.25, 0.3) is 11.0 Å². The number of rotatable bonds is 4. The van der Waals surface area contributed by atoms with Gasteiger partial charge in [-0.1, -0.05) is 82.0 Å². The van der Waals surface area contributed by atoms with Gasteiger partial charge in [0.2, 0.25) is 0 Å². The molecule has 0 unspecified atom stereocenters. The van der Waals surface area contributed by atoms with Gasteiger partial charge in [-0.05, 0) is 43.4 Å². The van der Waals surface area contributed by atoms with Crippen molar-refractivity contribution in [3.8, 4) is 0 Å². The van der Waals surface area contributed by atoms with Crippen LogP contribution in [-0.2, 0) is 5.54 Å². The van der Waals surface area contributed by atoms with Crippen LogP contribution in [0.2, 0.25) is 0 Å². The third kappa shape index (κ3) is 3.82. The Labute approximate surface area is 187 Å². The monoisotopic (exact) mass is 415 g/mol. The van der Waals surface area contributed by atoms with Crippen LogP contribution < -0.4 is 0 Å². The Bertz CT molecular complexity index is 988. The fourth-order valence-corrected chi connectivity index (χ4v) is 6.26. The quantitative estimate of drug-likeness (QED) is 0.426. The van der Waals surface area contributed by atoms with Gasteiger partial charge < -0.3 is 4.57 Å². The summed E-state index contributed by atoms with van der Waals surface area (Å²) in [5.41, 5.74) is 4.25. The highest BCUT2D eigenvalue weighted by atomic mass is 15.2. The number of likely N-dealkylation sites (tertiary alicyclic amines) is 1. The van der Waals surface area contributed by atoms with Gasteiger partial charge in [0.05, 0.1) is 11.0 Å². The second kappa shape index (κ2) is 8.78. The van der Waals surface area contributed by atoms with Crippen molar-refractivity contribution in [2.24, 2.45) is 0 Å². The Kier molecular flexibility index (Phi) is 5.88. The van der Waals surface area contributed by atoms with E-state index in [0.717, 1.165) is 5.52 Å². The average Bonchev–Trinajstić information content (AvgIpc) is 3.03. The van der Waals surface area contributed by atoms with E-state index >= 15 is 0 Å². The molecule has 1 saturated heterocycles. The van der Waals surface area contributed by atoms with E-state index in [1.165, 1.54) is 75.8 Å². The molecule has 3 heteroatoms. The largest absolute Gasteiger partial charge is 0.325 e. The van der Waals surface area contributed by atoms with Gasteiger partial charge in [-0.25, -0.2) is 4.98 Å². The van der Waals surface area contributed by atoms with Crippen molar-refractivity contribution in [1.82, 2.24) is 14.5 Å². The molecule has 3 nitrogen and oxygen atoms in total. The third-order valence-electron chi connectivity index (χ3n) is 7.82. The molecule has 1 aromatic heterocycles. The molecule has 0 amide bonds. The molecular weight excluding hydrogens is 378 g/mol. The second-order valence-electron chi connectivity index (χ2n) is 10.0. The molecule has 1 saturated carbocycles. The number of nitrogens with zero attached hydrogens (tertiary/aromatic N) is 3. The van der Waals surface area contributed by atoms with E-state index in [-0.39, 0.29) is 5.54 Å². The Hall–Kier alpha value is -2.13. The normalized spacial score (nSPS) is 20.9. The molecule has 5 rings (SSSR count). The molecule has 0 bridgehead atoms. The minimum Gasteiger partial charge on any atom is -0.325 e. The molecule has 2 fully saturated rings. The van der Waals surface area contributed by atoms with Crippen LogP contribution >= 0.6 is 0 Å². The first kappa shape index (κ1) is 20.8. The summed E-state index contributed by atoms with van der Waals surface area (Å²) in [4.78, 5) is 7.88. The van der Waals surface area contributed by atoms with Crippen LogP contribution in [0.15, 0.2) is 54.6 Å². The fraction of sp³-hybridized carbons (Fsp3) is 0.536. The zero-order valence-corrected chi connectivity index (χ0v) is 19.3. The Morgan fingerprint density at radius 1 is 0.839 bits per heavy atom. The number of hydrogen-bond donors (Lipinski definition) is 0. The summed E-state index contributed by atoms with van der Waals surface area (Å²) in [6.45, 7) is 6.93. The van der Waals surface area contributed by atoms with Crippen LogP contribution in [-0.4, -0.2) is 27.5 Å². The zero-order valence-electron chi connectivity index (χ0n) is 19.3. The molecule has 0 N–H and O–H groups in total. The lowest BCUT2D eigenvalue weighted by molar-refractivity contribution is 0.0355. The van der Waals surface area contributed by atoms with Crippen molar-refractivity contribution >= 4 is 11.0 Å². The first-order valence-electron chi connectivity index (χ1n) is 12.5. The lowest BCUT2D eigenvalue weighted by Gasteiger charge is -2.48. The van der Waals surface area contributed by atoms with E-state index in [9.17, 15) is 0 Å². The number of hydrogen-bond acceptors (Lipinski definition) is 2. The van der Waals surface area contributed by atoms with Crippen molar-refractivity contribution in [2.45, 2.75) is 82.7 Å². The van der Waals surface area contributed by atoms with Crippen molar-refractivity contribution < 1.29 is 0 Å². The molecule has 1 aliphatic heterocycles. The predicted octanol–water partition coefficient (Wildman–Crippen LogP) is 7.05. The first-order chi connectivity index (χ1) is 15.2. The van der Waals surface area contributed by atoms with Crippen LogP contribution in [0.1, 0.15) is 88.6 Å². The highest BCUT2D eigenvalue weighted by Gasteiger charge is 2.40. The molecule has 2 heterocycles. The SMILES string of the molecule is CC(C)c1nc2ccccc2n1C1CCN(C2(c3ccccc3)CCCCCC2)CC1. The second-order valence-corrected chi connectivity index (χ2v) is 10.0. The van der Waals surface area contributed by atoms with Crippen molar-refractivity contribution in [3.63, 3.8) is 0 Å². The number of benzene rings is 2. The van der Waals surface area contributed by atoms with Gasteiger partial charge in [0.1, 0.15) is 5.82 Å². The predicted molar refractivity (Wildman–Crippen MR) is 129 cm³/mol. The van der Waals surface area contributed by atoms with Crippen LogP contribution in [0, 0.1) is 0 Å². The highest BCUT2D eigenvalue weighted by Crippen LogP contribution is 2.44. The molecule has 0 spiro atoms. The van der Waals surface area contributed by atoms with Gasteiger partial charge in [0.15, 0.2) is 0 Å². The van der Waals surface area contributed by atoms with Crippen molar-refractivity contribution in [3.05, 3.63) is 66.0 Å². The summed E-state index contributed by atoms with van der Waals surface area (Å²) in [5.74, 6) is 1.70. The molecule has 31 heavy (non-hydrogen) atoms. The molecule has 3 aromatic rings. The molecule has 1 aliphatic carbocycles. The van der Waals surface area contributed by atoms with E-state index in [4.69, 9.17) is 4.98 Å². The number of para-hydroxylation sites is 2. The fourth-order valence-electron chi connectivity index (χ4n) is 6.26. The lowest BCUT2D eigenvalue weighted by Crippen LogP contribution is -2.50. The molecule has 2 aliphatic rings. The molecule has 0 atom stereocenters. The third-order valence-corrected chi connectivity index (χ3v) is 7.82. The van der Waals surface area contributed by atoms with Crippen molar-refractivity contribution in [1.29, 1.82) is 0 Å². The smallest absolute Gasteiger partial charge is 0.112 e. The maximum Gasteiger partial charge on any atom is 0.112 e. The van der Waals surface area contributed by atoms with Crippen LogP contribution in [0.4, 0.5) is 0 Å². The Morgan fingerprint density at radius 2 is 1.48 bits per heavy atom. The summed E-state index contributed by atoms with van der Waals surface area (Å²) in [7, 11) is 0. The van der Waals surface area contributed by atoms with Crippen LogP contribution in [0.5, 0.6) is 0 Å². The van der Waals surface area contributed by atoms with E-state index in [1.54, 1.807) is 5.56 Å². The summed E-state index contributed by atoms with van der Waals surface area (Å²) in [5, 5.41) is 0. The molecule has 164 valence electrons. The van der Waals surface area contributed by atoms with E-state index in [1.807, 2.05) is 0 Å². The minimum absolute atomic E-state index is 0.237. The molecule has 0 radical (unpaired) electrons. The number of imidazole rings is 1. The lowest BCUT2D eigenvalue weighted by atomic mass is 9.79. The molecule has 2 aromatic carbocycles. The van der Waals surface area contributed by atoms with E-state index in [2.05, 4.69) is 77.9 Å². The minimum atomic E-state index is 0.237. The summed E-state index contributed by atoms with van der Waals surface area (Å²) >= 11 is 0. The van der Waals surface area contributed by atoms with Gasteiger partial charge in [0.25, 0.3) is 0 Å². The first-order valence-corrected chi connectivity index (χ1v) is 12.5.